The van der Waals surface area contributed by atoms with Gasteiger partial charge in [-0.05, 0) is 51.9 Å². The molecule has 2 heterocycles. The lowest BCUT2D eigenvalue weighted by Crippen LogP contribution is -1.96. The number of aromatic nitrogens is 3. The number of nitrogens with zero attached hydrogens (tertiary/aromatic N) is 3. The zero-order valence-electron chi connectivity index (χ0n) is 19.2. The molecule has 5 aromatic carbocycles. The van der Waals surface area contributed by atoms with Gasteiger partial charge in [-0.15, -0.1) is 0 Å². The van der Waals surface area contributed by atoms with Crippen molar-refractivity contribution < 1.29 is 4.42 Å². The summed E-state index contributed by atoms with van der Waals surface area (Å²) in [5, 5.41) is 5.88. The van der Waals surface area contributed by atoms with Crippen molar-refractivity contribution in [2.75, 3.05) is 0 Å². The Hall–Kier alpha value is -4.57. The fourth-order valence-electron chi connectivity index (χ4n) is 4.93. The maximum atomic E-state index is 5.81. The molecule has 0 aliphatic rings. The highest BCUT2D eigenvalue weighted by Crippen LogP contribution is 2.37. The molecule has 166 valence electrons. The summed E-state index contributed by atoms with van der Waals surface area (Å²) < 4.78 is 5.81. The molecule has 0 aliphatic heterocycles. The Morgan fingerprint density at radius 3 is 2.23 bits per heavy atom. The van der Waals surface area contributed by atoms with E-state index in [0.29, 0.717) is 5.82 Å². The largest absolute Gasteiger partial charge is 0.441 e. The van der Waals surface area contributed by atoms with Crippen LogP contribution in [0.1, 0.15) is 12.8 Å². The molecule has 4 nitrogen and oxygen atoms in total. The quantitative estimate of drug-likeness (QED) is 0.256. The molecule has 0 spiro atoms. The maximum absolute atomic E-state index is 5.81. The third kappa shape index (κ3) is 3.18. The molecule has 35 heavy (non-hydrogen) atoms. The molecule has 7 aromatic rings. The molecule has 0 amide bonds. The number of hydrogen-bond donors (Lipinski definition) is 0. The lowest BCUT2D eigenvalue weighted by Gasteiger charge is -2.13. The van der Waals surface area contributed by atoms with Crippen LogP contribution in [0.25, 0.3) is 66.2 Å². The van der Waals surface area contributed by atoms with Crippen LogP contribution in [0.3, 0.4) is 0 Å². The summed E-state index contributed by atoms with van der Waals surface area (Å²) in [6.45, 7) is 2.04. The molecular formula is C31H21N3O. The molecule has 0 N–H and O–H groups in total. The second-order valence-corrected chi connectivity index (χ2v) is 8.75. The van der Waals surface area contributed by atoms with Gasteiger partial charge in [0.2, 0.25) is 0 Å². The molecule has 4 heteroatoms. The highest BCUT2D eigenvalue weighted by molar-refractivity contribution is 6.15. The van der Waals surface area contributed by atoms with Crippen LogP contribution in [0.4, 0.5) is 0 Å². The molecule has 7 rings (SSSR count). The molecule has 0 radical (unpaired) electrons. The lowest BCUT2D eigenvalue weighted by atomic mass is 9.94. The molecule has 0 aliphatic carbocycles. The number of para-hydroxylation sites is 1. The monoisotopic (exact) mass is 451 g/mol. The van der Waals surface area contributed by atoms with Crippen LogP contribution in [0.2, 0.25) is 0 Å². The topological polar surface area (TPSA) is 51.8 Å². The smallest absolute Gasteiger partial charge is 0.195 e. The zero-order valence-corrected chi connectivity index (χ0v) is 19.2. The second-order valence-electron chi connectivity index (χ2n) is 8.75. The lowest BCUT2D eigenvalue weighted by molar-refractivity contribution is 0.538. The van der Waals surface area contributed by atoms with Crippen molar-refractivity contribution in [3.05, 3.63) is 103 Å². The van der Waals surface area contributed by atoms with Gasteiger partial charge < -0.3 is 4.42 Å². The summed E-state index contributed by atoms with van der Waals surface area (Å²) in [7, 11) is 0. The van der Waals surface area contributed by atoms with Gasteiger partial charge in [-0.1, -0.05) is 73.7 Å². The molecule has 0 bridgehead atoms. The van der Waals surface area contributed by atoms with Gasteiger partial charge in [0.25, 0.3) is 0 Å². The van der Waals surface area contributed by atoms with E-state index < -0.39 is 0 Å². The van der Waals surface area contributed by atoms with E-state index in [1.165, 1.54) is 21.5 Å². The first kappa shape index (κ1) is 19.9. The van der Waals surface area contributed by atoms with Gasteiger partial charge in [0, 0.05) is 22.9 Å². The number of oxazole rings is 1. The highest BCUT2D eigenvalue weighted by atomic mass is 16.3. The van der Waals surface area contributed by atoms with Crippen molar-refractivity contribution in [1.82, 2.24) is 15.0 Å². The van der Waals surface area contributed by atoms with E-state index in [1.807, 2.05) is 37.3 Å². The third-order valence-corrected chi connectivity index (χ3v) is 6.62. The van der Waals surface area contributed by atoms with E-state index in [1.54, 1.807) is 0 Å². The van der Waals surface area contributed by atoms with Crippen LogP contribution >= 0.6 is 0 Å². The molecule has 0 saturated heterocycles. The summed E-state index contributed by atoms with van der Waals surface area (Å²) in [5.41, 5.74) is 5.49. The van der Waals surface area contributed by atoms with Gasteiger partial charge in [0.05, 0.1) is 11.2 Å². The number of rotatable bonds is 3. The van der Waals surface area contributed by atoms with Gasteiger partial charge >= 0.3 is 0 Å². The van der Waals surface area contributed by atoms with Crippen LogP contribution in [-0.2, 0) is 6.42 Å². The van der Waals surface area contributed by atoms with Crippen LogP contribution in [0.15, 0.2) is 101 Å². The molecule has 0 fully saturated rings. The van der Waals surface area contributed by atoms with E-state index in [-0.39, 0.29) is 0 Å². The van der Waals surface area contributed by atoms with Gasteiger partial charge in [-0.3, -0.25) is 0 Å². The molecule has 2 aromatic heterocycles. The number of fused-ring (bicyclic) bond motifs is 5. The first-order chi connectivity index (χ1) is 17.3. The van der Waals surface area contributed by atoms with E-state index >= 15 is 0 Å². The van der Waals surface area contributed by atoms with Gasteiger partial charge in [-0.25, -0.2) is 15.0 Å². The minimum atomic E-state index is 0.680. The van der Waals surface area contributed by atoms with E-state index in [9.17, 15) is 0 Å². The van der Waals surface area contributed by atoms with E-state index in [4.69, 9.17) is 14.4 Å². The third-order valence-electron chi connectivity index (χ3n) is 6.62. The van der Waals surface area contributed by atoms with Crippen LogP contribution < -0.4 is 0 Å². The number of benzene rings is 5. The first-order valence-corrected chi connectivity index (χ1v) is 11.9. The standard InChI is InChI=1S/C31H21N3O/c1-2-29-32-27-18-20(15-16-28(27)35-29)31-33-26-14-8-7-13-24(26)30(34-31)25-17-19-9-3-4-10-21(19)22-11-5-6-12-23(22)25/h3-18H,2H2,1H3. The first-order valence-electron chi connectivity index (χ1n) is 11.9. The van der Waals surface area contributed by atoms with Crippen molar-refractivity contribution in [2.24, 2.45) is 0 Å². The van der Waals surface area contributed by atoms with Crippen molar-refractivity contribution in [2.45, 2.75) is 13.3 Å². The number of aryl methyl sites for hydroxylation is 1. The predicted octanol–water partition coefficient (Wildman–Crippen LogP) is 7.97. The normalized spacial score (nSPS) is 11.7. The Kier molecular flexibility index (Phi) is 4.39. The van der Waals surface area contributed by atoms with Crippen molar-refractivity contribution >= 4 is 43.5 Å². The maximum Gasteiger partial charge on any atom is 0.195 e. The van der Waals surface area contributed by atoms with Crippen molar-refractivity contribution in [3.8, 4) is 22.6 Å². The summed E-state index contributed by atoms with van der Waals surface area (Å²) in [6, 6.07) is 33.6. The minimum Gasteiger partial charge on any atom is -0.441 e. The second kappa shape index (κ2) is 7.74. The summed E-state index contributed by atoms with van der Waals surface area (Å²) in [5.74, 6) is 1.42. The Morgan fingerprint density at radius 2 is 1.37 bits per heavy atom. The summed E-state index contributed by atoms with van der Waals surface area (Å²) in [4.78, 5) is 14.7. The van der Waals surface area contributed by atoms with Crippen molar-refractivity contribution in [3.63, 3.8) is 0 Å². The Labute approximate surface area is 201 Å². The molecule has 0 unspecified atom stereocenters. The van der Waals surface area contributed by atoms with Gasteiger partial charge in [0.1, 0.15) is 5.52 Å². The van der Waals surface area contributed by atoms with E-state index in [0.717, 1.165) is 51.1 Å². The predicted molar refractivity (Wildman–Crippen MR) is 142 cm³/mol. The summed E-state index contributed by atoms with van der Waals surface area (Å²) in [6.07, 6.45) is 0.760. The van der Waals surface area contributed by atoms with Gasteiger partial charge in [0.15, 0.2) is 17.3 Å². The Balaban J connectivity index is 1.54. The molecule has 0 atom stereocenters. The molecule has 0 saturated carbocycles. The average Bonchev–Trinajstić information content (AvgIpc) is 3.35. The van der Waals surface area contributed by atoms with Crippen LogP contribution in [-0.4, -0.2) is 15.0 Å². The Bertz CT molecular complexity index is 1900. The molecular weight excluding hydrogens is 430 g/mol. The van der Waals surface area contributed by atoms with Crippen LogP contribution in [0.5, 0.6) is 0 Å². The average molecular weight is 452 g/mol. The van der Waals surface area contributed by atoms with Crippen LogP contribution in [0, 0.1) is 0 Å². The fraction of sp³-hybridized carbons (Fsp3) is 0.0645. The highest BCUT2D eigenvalue weighted by Gasteiger charge is 2.16. The summed E-state index contributed by atoms with van der Waals surface area (Å²) >= 11 is 0. The van der Waals surface area contributed by atoms with E-state index in [2.05, 4.69) is 71.7 Å². The SMILES string of the molecule is CCc1nc2cc(-c3nc(-c4cc5ccccc5c5ccccc45)c4ccccc4n3)ccc2o1. The minimum absolute atomic E-state index is 0.680. The van der Waals surface area contributed by atoms with Crippen molar-refractivity contribution in [1.29, 1.82) is 0 Å². The Morgan fingerprint density at radius 1 is 0.629 bits per heavy atom. The van der Waals surface area contributed by atoms with Gasteiger partial charge in [-0.2, -0.15) is 0 Å². The number of hydrogen-bond acceptors (Lipinski definition) is 4. The zero-order chi connectivity index (χ0) is 23.4. The fourth-order valence-corrected chi connectivity index (χ4v) is 4.93.